The second kappa shape index (κ2) is 5.95. The summed E-state index contributed by atoms with van der Waals surface area (Å²) in [6, 6.07) is 0. The zero-order chi connectivity index (χ0) is 10.4. The van der Waals surface area contributed by atoms with E-state index in [-0.39, 0.29) is 0 Å². The van der Waals surface area contributed by atoms with Crippen LogP contribution in [0.1, 0.15) is 41.5 Å². The third kappa shape index (κ3) is 5.62. The molecule has 0 aliphatic heterocycles. The molecule has 0 aliphatic rings. The fourth-order valence-electron chi connectivity index (χ4n) is 0.668. The van der Waals surface area contributed by atoms with Gasteiger partial charge in [0.1, 0.15) is 0 Å². The van der Waals surface area contributed by atoms with Crippen LogP contribution in [0.5, 0.6) is 0 Å². The normalized spacial score (nSPS) is 16.2. The molecule has 1 atom stereocenters. The van der Waals surface area contributed by atoms with E-state index in [0.717, 1.165) is 0 Å². The van der Waals surface area contributed by atoms with E-state index >= 15 is 0 Å². The summed E-state index contributed by atoms with van der Waals surface area (Å²) in [6.07, 6.45) is 4.12. The van der Waals surface area contributed by atoms with Gasteiger partial charge >= 0.3 is 0 Å². The van der Waals surface area contributed by atoms with Crippen LogP contribution in [0.15, 0.2) is 17.3 Å². The SMILES string of the molecule is CC(=N/C=C\C(C)C(C)C)C(C)C. The summed E-state index contributed by atoms with van der Waals surface area (Å²) in [5.74, 6) is 1.87. The molecular weight excluding hydrogens is 158 g/mol. The van der Waals surface area contributed by atoms with Crippen molar-refractivity contribution in [3.63, 3.8) is 0 Å². The van der Waals surface area contributed by atoms with Gasteiger partial charge in [-0.25, -0.2) is 0 Å². The Bertz CT molecular complexity index is 187. The third-order valence-electron chi connectivity index (χ3n) is 2.55. The lowest BCUT2D eigenvalue weighted by Gasteiger charge is -2.08. The molecule has 0 amide bonds. The smallest absolute Gasteiger partial charge is 0.0230 e. The van der Waals surface area contributed by atoms with Gasteiger partial charge in [0.15, 0.2) is 0 Å². The van der Waals surface area contributed by atoms with Gasteiger partial charge in [0.2, 0.25) is 0 Å². The topological polar surface area (TPSA) is 12.4 Å². The predicted molar refractivity (Wildman–Crippen MR) is 61.1 cm³/mol. The fourth-order valence-corrected chi connectivity index (χ4v) is 0.668. The molecule has 1 heteroatoms. The first-order valence-corrected chi connectivity index (χ1v) is 5.16. The fraction of sp³-hybridized carbons (Fsp3) is 0.750. The van der Waals surface area contributed by atoms with Crippen molar-refractivity contribution in [2.24, 2.45) is 22.7 Å². The molecule has 0 aromatic carbocycles. The highest BCUT2D eigenvalue weighted by molar-refractivity contribution is 5.84. The van der Waals surface area contributed by atoms with Crippen LogP contribution in [0.2, 0.25) is 0 Å². The zero-order valence-electron chi connectivity index (χ0n) is 9.83. The van der Waals surface area contributed by atoms with Crippen LogP contribution in [-0.2, 0) is 0 Å². The molecule has 0 spiro atoms. The molecule has 0 aromatic rings. The van der Waals surface area contributed by atoms with Crippen molar-refractivity contribution in [1.29, 1.82) is 0 Å². The second-order valence-electron chi connectivity index (χ2n) is 4.37. The highest BCUT2D eigenvalue weighted by Gasteiger charge is 2.01. The molecule has 0 radical (unpaired) electrons. The highest BCUT2D eigenvalue weighted by Crippen LogP contribution is 2.10. The molecule has 0 aromatic heterocycles. The standard InChI is InChI=1S/C12H23N/c1-9(2)11(5)7-8-13-12(6)10(3)4/h7-11H,1-6H3/b8-7-,13-12?. The average Bonchev–Trinajstić information content (AvgIpc) is 2.03. The molecule has 0 fully saturated rings. The van der Waals surface area contributed by atoms with Crippen molar-refractivity contribution >= 4 is 5.71 Å². The van der Waals surface area contributed by atoms with Gasteiger partial charge in [-0.15, -0.1) is 0 Å². The van der Waals surface area contributed by atoms with Gasteiger partial charge in [0, 0.05) is 11.9 Å². The van der Waals surface area contributed by atoms with Gasteiger partial charge in [-0.3, -0.25) is 4.99 Å². The van der Waals surface area contributed by atoms with E-state index < -0.39 is 0 Å². The number of allylic oxidation sites excluding steroid dienone is 1. The Hall–Kier alpha value is -0.590. The van der Waals surface area contributed by atoms with Crippen molar-refractivity contribution in [2.45, 2.75) is 41.5 Å². The summed E-state index contributed by atoms with van der Waals surface area (Å²) in [5.41, 5.74) is 1.20. The average molecular weight is 181 g/mol. The van der Waals surface area contributed by atoms with E-state index in [9.17, 15) is 0 Å². The number of aliphatic imine (C=N–C) groups is 1. The number of nitrogens with zero attached hydrogens (tertiary/aromatic N) is 1. The van der Waals surface area contributed by atoms with Crippen LogP contribution < -0.4 is 0 Å². The second-order valence-corrected chi connectivity index (χ2v) is 4.37. The summed E-state index contributed by atoms with van der Waals surface area (Å²) in [7, 11) is 0. The minimum absolute atomic E-state index is 0.555. The molecular formula is C12H23N. The van der Waals surface area contributed by atoms with Crippen LogP contribution in [0, 0.1) is 17.8 Å². The molecule has 76 valence electrons. The Labute approximate surface area is 83.0 Å². The van der Waals surface area contributed by atoms with E-state index in [2.05, 4.69) is 52.6 Å². The first-order chi connectivity index (χ1) is 5.95. The molecule has 1 unspecified atom stereocenters. The first-order valence-electron chi connectivity index (χ1n) is 5.16. The summed E-state index contributed by atoms with van der Waals surface area (Å²) in [6.45, 7) is 13.1. The molecule has 0 saturated heterocycles. The summed E-state index contributed by atoms with van der Waals surface area (Å²) >= 11 is 0. The Kier molecular flexibility index (Phi) is 5.68. The van der Waals surface area contributed by atoms with E-state index in [1.54, 1.807) is 0 Å². The summed E-state index contributed by atoms with van der Waals surface area (Å²) in [4.78, 5) is 4.38. The maximum atomic E-state index is 4.38. The van der Waals surface area contributed by atoms with Crippen LogP contribution in [0.3, 0.4) is 0 Å². The maximum Gasteiger partial charge on any atom is 0.0230 e. The molecule has 0 N–H and O–H groups in total. The van der Waals surface area contributed by atoms with Crippen LogP contribution in [0.4, 0.5) is 0 Å². The van der Waals surface area contributed by atoms with Crippen LogP contribution in [0.25, 0.3) is 0 Å². The third-order valence-corrected chi connectivity index (χ3v) is 2.55. The van der Waals surface area contributed by atoms with E-state index in [1.807, 2.05) is 6.20 Å². The van der Waals surface area contributed by atoms with E-state index in [1.165, 1.54) is 5.71 Å². The van der Waals surface area contributed by atoms with E-state index in [0.29, 0.717) is 17.8 Å². The molecule has 1 nitrogen and oxygen atoms in total. The van der Waals surface area contributed by atoms with Crippen LogP contribution in [-0.4, -0.2) is 5.71 Å². The monoisotopic (exact) mass is 181 g/mol. The summed E-state index contributed by atoms with van der Waals surface area (Å²) in [5, 5.41) is 0. The Balaban J connectivity index is 4.07. The molecule has 0 heterocycles. The lowest BCUT2D eigenvalue weighted by Crippen LogP contribution is -2.01. The molecule has 0 rings (SSSR count). The van der Waals surface area contributed by atoms with Gasteiger partial charge in [0.05, 0.1) is 0 Å². The Morgan fingerprint density at radius 2 is 1.62 bits per heavy atom. The largest absolute Gasteiger partial charge is 0.266 e. The molecule has 0 aliphatic carbocycles. The molecule has 0 saturated carbocycles. The Morgan fingerprint density at radius 3 is 2.00 bits per heavy atom. The quantitative estimate of drug-likeness (QED) is 0.583. The van der Waals surface area contributed by atoms with Gasteiger partial charge in [0.25, 0.3) is 0 Å². The number of rotatable bonds is 4. The number of hydrogen-bond donors (Lipinski definition) is 0. The van der Waals surface area contributed by atoms with Crippen LogP contribution >= 0.6 is 0 Å². The van der Waals surface area contributed by atoms with Gasteiger partial charge in [-0.05, 0) is 24.7 Å². The van der Waals surface area contributed by atoms with Crippen molar-refractivity contribution in [3.05, 3.63) is 12.3 Å². The van der Waals surface area contributed by atoms with Gasteiger partial charge < -0.3 is 0 Å². The van der Waals surface area contributed by atoms with E-state index in [4.69, 9.17) is 0 Å². The first kappa shape index (κ1) is 12.4. The minimum atomic E-state index is 0.555. The zero-order valence-corrected chi connectivity index (χ0v) is 9.83. The Morgan fingerprint density at radius 1 is 1.08 bits per heavy atom. The van der Waals surface area contributed by atoms with Crippen molar-refractivity contribution in [2.75, 3.05) is 0 Å². The summed E-state index contributed by atoms with van der Waals surface area (Å²) < 4.78 is 0. The van der Waals surface area contributed by atoms with Crippen molar-refractivity contribution < 1.29 is 0 Å². The van der Waals surface area contributed by atoms with Crippen molar-refractivity contribution in [3.8, 4) is 0 Å². The molecule has 13 heavy (non-hydrogen) atoms. The lowest BCUT2D eigenvalue weighted by atomic mass is 9.98. The van der Waals surface area contributed by atoms with Gasteiger partial charge in [-0.2, -0.15) is 0 Å². The molecule has 0 bridgehead atoms. The highest BCUT2D eigenvalue weighted by atomic mass is 14.7. The van der Waals surface area contributed by atoms with Crippen molar-refractivity contribution in [1.82, 2.24) is 0 Å². The predicted octanol–water partition coefficient (Wildman–Crippen LogP) is 3.91. The number of hydrogen-bond acceptors (Lipinski definition) is 1. The maximum absolute atomic E-state index is 4.38. The minimum Gasteiger partial charge on any atom is -0.266 e. The van der Waals surface area contributed by atoms with Gasteiger partial charge in [-0.1, -0.05) is 40.7 Å². The lowest BCUT2D eigenvalue weighted by molar-refractivity contribution is 0.503.